The van der Waals surface area contributed by atoms with Gasteiger partial charge in [0.05, 0.1) is 11.5 Å². The molecule has 2 rings (SSSR count). The summed E-state index contributed by atoms with van der Waals surface area (Å²) in [5.74, 6) is 0.0178. The molecule has 0 spiro atoms. The molecule has 1 N–H and O–H groups in total. The van der Waals surface area contributed by atoms with E-state index >= 15 is 0 Å². The quantitative estimate of drug-likeness (QED) is 0.794. The molecule has 0 radical (unpaired) electrons. The molecule has 1 amide bonds. The van der Waals surface area contributed by atoms with E-state index in [-0.39, 0.29) is 12.5 Å². The summed E-state index contributed by atoms with van der Waals surface area (Å²) in [4.78, 5) is 20.7. The number of aliphatic hydroxyl groups excluding tert-OH is 1. The molecule has 1 aliphatic heterocycles. The molecule has 0 aromatic carbocycles. The van der Waals surface area contributed by atoms with Gasteiger partial charge in [0.15, 0.2) is 0 Å². The van der Waals surface area contributed by atoms with Crippen molar-refractivity contribution < 1.29 is 9.90 Å². The first-order valence-corrected chi connectivity index (χ1v) is 6.58. The van der Waals surface area contributed by atoms with Crippen molar-refractivity contribution >= 4 is 23.4 Å². The van der Waals surface area contributed by atoms with Crippen LogP contribution in [0.15, 0.2) is 4.99 Å². The predicted octanol–water partition coefficient (Wildman–Crippen LogP) is -0.619. The summed E-state index contributed by atoms with van der Waals surface area (Å²) in [6, 6.07) is 0. The minimum atomic E-state index is 0.0178. The molecule has 0 fully saturated rings. The minimum Gasteiger partial charge on any atom is -0.395 e. The lowest BCUT2D eigenvalue weighted by atomic mass is 10.2. The van der Waals surface area contributed by atoms with Gasteiger partial charge in [0.2, 0.25) is 0 Å². The number of hydrogen-bond donors (Lipinski definition) is 1. The van der Waals surface area contributed by atoms with Gasteiger partial charge in [0.1, 0.15) is 11.3 Å². The minimum absolute atomic E-state index is 0.0178. The maximum Gasteiger partial charge on any atom is 0.263 e. The van der Waals surface area contributed by atoms with E-state index in [4.69, 9.17) is 5.11 Å². The van der Waals surface area contributed by atoms with Gasteiger partial charge in [-0.25, -0.2) is 0 Å². The Morgan fingerprint density at radius 1 is 1.61 bits per heavy atom. The summed E-state index contributed by atoms with van der Waals surface area (Å²) in [5.41, 5.74) is 0.972. The highest BCUT2D eigenvalue weighted by molar-refractivity contribution is 7.11. The van der Waals surface area contributed by atoms with E-state index in [2.05, 4.69) is 4.99 Å². The summed E-state index contributed by atoms with van der Waals surface area (Å²) >= 11 is 1.44. The lowest BCUT2D eigenvalue weighted by Crippen LogP contribution is -2.35. The molecule has 1 aromatic heterocycles. The van der Waals surface area contributed by atoms with Gasteiger partial charge in [-0.1, -0.05) is 0 Å². The number of hydrogen-bond acceptors (Lipinski definition) is 5. The van der Waals surface area contributed by atoms with E-state index in [9.17, 15) is 4.79 Å². The van der Waals surface area contributed by atoms with Gasteiger partial charge in [-0.15, -0.1) is 11.3 Å². The smallest absolute Gasteiger partial charge is 0.263 e. The molecule has 2 heterocycles. The average Bonchev–Trinajstić information content (AvgIpc) is 2.66. The van der Waals surface area contributed by atoms with Crippen LogP contribution in [0.4, 0.5) is 0 Å². The molecule has 0 atom stereocenters. The van der Waals surface area contributed by atoms with Gasteiger partial charge in [-0.3, -0.25) is 9.79 Å². The fraction of sp³-hybridized carbons (Fsp3) is 0.500. The first-order chi connectivity index (χ1) is 8.54. The maximum atomic E-state index is 12.0. The van der Waals surface area contributed by atoms with Crippen LogP contribution in [-0.4, -0.2) is 54.7 Å². The number of thiophene rings is 1. The van der Waals surface area contributed by atoms with Gasteiger partial charge in [-0.2, -0.15) is 0 Å². The van der Waals surface area contributed by atoms with Gasteiger partial charge < -0.3 is 14.9 Å². The monoisotopic (exact) mass is 267 g/mol. The van der Waals surface area contributed by atoms with Gasteiger partial charge in [0, 0.05) is 32.1 Å². The van der Waals surface area contributed by atoms with Crippen molar-refractivity contribution in [2.24, 2.45) is 4.99 Å². The molecule has 1 aromatic rings. The van der Waals surface area contributed by atoms with Gasteiger partial charge in [-0.05, 0) is 12.5 Å². The topological polar surface area (TPSA) is 56.1 Å². The largest absolute Gasteiger partial charge is 0.395 e. The fourth-order valence-electron chi connectivity index (χ4n) is 1.83. The standard InChI is InChI=1S/C12H17N3O2S/c1-8-9-6-15(4-5-16)7-13-11(9)18-10(8)12(17)14(2)3/h6,16H,4-5,7H2,1-3H3. The normalized spacial score (nSPS) is 13.7. The molecule has 0 unspecified atom stereocenters. The lowest BCUT2D eigenvalue weighted by molar-refractivity contribution is 0.0831. The van der Waals surface area contributed by atoms with Crippen molar-refractivity contribution in [3.8, 4) is 0 Å². The second kappa shape index (κ2) is 5.07. The highest BCUT2D eigenvalue weighted by Gasteiger charge is 2.17. The first-order valence-electron chi connectivity index (χ1n) is 5.77. The second-order valence-corrected chi connectivity index (χ2v) is 5.44. The number of amides is 1. The van der Waals surface area contributed by atoms with Crippen LogP contribution in [0, 0.1) is 6.92 Å². The molecule has 5 nitrogen and oxygen atoms in total. The number of aliphatic hydroxyl groups is 1. The van der Waals surface area contributed by atoms with E-state index < -0.39 is 0 Å². The molecule has 0 aliphatic carbocycles. The molecule has 0 bridgehead atoms. The Kier molecular flexibility index (Phi) is 3.68. The van der Waals surface area contributed by atoms with E-state index in [1.165, 1.54) is 11.3 Å². The molecule has 1 aliphatic rings. The van der Waals surface area contributed by atoms with Crippen molar-refractivity contribution in [1.82, 2.24) is 9.80 Å². The molecule has 18 heavy (non-hydrogen) atoms. The van der Waals surface area contributed by atoms with Crippen molar-refractivity contribution in [2.75, 3.05) is 33.9 Å². The summed E-state index contributed by atoms with van der Waals surface area (Å²) in [7, 11) is 3.50. The maximum absolute atomic E-state index is 12.0. The molecule has 0 saturated carbocycles. The van der Waals surface area contributed by atoms with Crippen LogP contribution in [-0.2, 0) is 0 Å². The van der Waals surface area contributed by atoms with Crippen LogP contribution >= 0.6 is 11.3 Å². The predicted molar refractivity (Wildman–Crippen MR) is 71.0 cm³/mol. The molecule has 98 valence electrons. The zero-order valence-electron chi connectivity index (χ0n) is 10.8. The second-order valence-electron chi connectivity index (χ2n) is 4.44. The number of β-amino-alcohol motifs (C(OH)–C–C–N with tert-alkyl or cyclic N) is 1. The van der Waals surface area contributed by atoms with Gasteiger partial charge in [0.25, 0.3) is 5.91 Å². The summed E-state index contributed by atoms with van der Waals surface area (Å²) in [6.45, 7) is 3.16. The van der Waals surface area contributed by atoms with E-state index in [1.807, 2.05) is 18.0 Å². The van der Waals surface area contributed by atoms with E-state index in [0.29, 0.717) is 13.2 Å². The third kappa shape index (κ3) is 2.26. The van der Waals surface area contributed by atoms with Crippen LogP contribution in [0.3, 0.4) is 0 Å². The summed E-state index contributed by atoms with van der Waals surface area (Å²) in [5, 5.41) is 9.95. The Morgan fingerprint density at radius 2 is 2.33 bits per heavy atom. The van der Waals surface area contributed by atoms with E-state index in [1.54, 1.807) is 19.0 Å². The Bertz CT molecular complexity index is 577. The Morgan fingerprint density at radius 3 is 2.94 bits per heavy atom. The van der Waals surface area contributed by atoms with Crippen LogP contribution in [0.1, 0.15) is 15.2 Å². The number of rotatable bonds is 3. The zero-order valence-corrected chi connectivity index (χ0v) is 11.6. The molecular weight excluding hydrogens is 250 g/mol. The lowest BCUT2D eigenvalue weighted by Gasteiger charge is -2.18. The molecule has 6 heteroatoms. The SMILES string of the molecule is Cc1c(C(=O)N(C)C)sc2c1=CN(CCO)CN=2. The Labute approximate surface area is 110 Å². The fourth-order valence-corrected chi connectivity index (χ4v) is 2.99. The van der Waals surface area contributed by atoms with Crippen molar-refractivity contribution in [3.63, 3.8) is 0 Å². The third-order valence-corrected chi connectivity index (χ3v) is 4.10. The highest BCUT2D eigenvalue weighted by atomic mass is 32.1. The zero-order chi connectivity index (χ0) is 13.3. The first kappa shape index (κ1) is 13.0. The number of fused-ring (bicyclic) bond motifs is 1. The van der Waals surface area contributed by atoms with Crippen molar-refractivity contribution in [1.29, 1.82) is 0 Å². The van der Waals surface area contributed by atoms with Crippen molar-refractivity contribution in [2.45, 2.75) is 6.92 Å². The van der Waals surface area contributed by atoms with Crippen LogP contribution < -0.4 is 9.89 Å². The average molecular weight is 267 g/mol. The highest BCUT2D eigenvalue weighted by Crippen LogP contribution is 2.11. The molecular formula is C12H17N3O2S. The number of carbonyl (C=O) groups is 1. The number of carbonyl (C=O) groups excluding carboxylic acids is 1. The van der Waals surface area contributed by atoms with Crippen LogP contribution in [0.25, 0.3) is 6.20 Å². The van der Waals surface area contributed by atoms with E-state index in [0.717, 1.165) is 20.3 Å². The molecule has 0 saturated heterocycles. The number of nitrogens with zero attached hydrogens (tertiary/aromatic N) is 3. The van der Waals surface area contributed by atoms with Crippen LogP contribution in [0.5, 0.6) is 0 Å². The Hall–Kier alpha value is -1.40. The van der Waals surface area contributed by atoms with Crippen molar-refractivity contribution in [3.05, 3.63) is 20.3 Å². The van der Waals surface area contributed by atoms with Crippen LogP contribution in [0.2, 0.25) is 0 Å². The summed E-state index contributed by atoms with van der Waals surface area (Å²) in [6.07, 6.45) is 1.98. The Balaban J connectivity index is 2.47. The summed E-state index contributed by atoms with van der Waals surface area (Å²) < 4.78 is 0.909. The third-order valence-electron chi connectivity index (χ3n) is 2.87. The van der Waals surface area contributed by atoms with Gasteiger partial charge >= 0.3 is 0 Å².